The number of carbonyl (C=O) groups excluding carboxylic acids is 1. The fraction of sp³-hybridized carbons (Fsp3) is 0.400. The molecule has 49 heavy (non-hydrogen) atoms. The number of carboxylic acids is 1. The van der Waals surface area contributed by atoms with E-state index in [-0.39, 0.29) is 36.7 Å². The van der Waals surface area contributed by atoms with Crippen LogP contribution in [0, 0.1) is 0 Å². The van der Waals surface area contributed by atoms with Crippen molar-refractivity contribution >= 4 is 102 Å². The molecule has 2 fully saturated rings. The van der Waals surface area contributed by atoms with E-state index in [0.29, 0.717) is 65.2 Å². The number of morpholine rings is 2. The van der Waals surface area contributed by atoms with Gasteiger partial charge in [-0.25, -0.2) is 21.6 Å². The topological polar surface area (TPSA) is 188 Å². The number of benzene rings is 2. The van der Waals surface area contributed by atoms with Crippen LogP contribution in [0.5, 0.6) is 0 Å². The number of nitrogens with zero attached hydrogens (tertiary/aromatic N) is 2. The van der Waals surface area contributed by atoms with Crippen molar-refractivity contribution in [3.8, 4) is 0 Å². The summed E-state index contributed by atoms with van der Waals surface area (Å²) in [5.74, 6) is -1.44. The van der Waals surface area contributed by atoms with Gasteiger partial charge >= 0.3 is 11.9 Å². The Morgan fingerprint density at radius 2 is 1.39 bits per heavy atom. The molecule has 2 aromatic heterocycles. The molecular weight excluding hydrogens is 880 g/mol. The number of aromatic nitrogens is 2. The number of hydrogen-bond acceptors (Lipinski definition) is 9. The number of ether oxygens (including phenoxy) is 3. The molecule has 0 spiro atoms. The highest BCUT2D eigenvalue weighted by molar-refractivity contribution is 9.13. The largest absolute Gasteiger partial charge is 0.481 e. The Bertz CT molecular complexity index is 2020. The number of aliphatic carboxylic acids is 1. The number of halogens is 3. The van der Waals surface area contributed by atoms with Gasteiger partial charge in [0.2, 0.25) is 20.0 Å². The van der Waals surface area contributed by atoms with Gasteiger partial charge in [-0.15, -0.1) is 0 Å². The van der Waals surface area contributed by atoms with Crippen molar-refractivity contribution in [1.29, 1.82) is 0 Å². The number of nitrogens with one attached hydrogen (secondary N) is 2. The lowest BCUT2D eigenvalue weighted by molar-refractivity contribution is -0.136. The van der Waals surface area contributed by atoms with Crippen LogP contribution in [0.4, 0.5) is 0 Å². The van der Waals surface area contributed by atoms with Gasteiger partial charge in [0.05, 0.1) is 33.0 Å². The zero-order valence-corrected chi connectivity index (χ0v) is 32.9. The minimum Gasteiger partial charge on any atom is -0.481 e. The Labute approximate surface area is 308 Å². The molecule has 2 aliphatic heterocycles. The zero-order valence-electron chi connectivity index (χ0n) is 26.5. The maximum Gasteiger partial charge on any atom is 0.356 e. The molecule has 0 radical (unpaired) electrons. The average Bonchev–Trinajstić information content (AvgIpc) is 3.68. The minimum absolute atomic E-state index is 0.0592. The third-order valence-corrected chi connectivity index (χ3v) is 13.6. The molecule has 14 nitrogen and oxygen atoms in total. The highest BCUT2D eigenvalue weighted by Gasteiger charge is 2.35. The Morgan fingerprint density at radius 3 is 1.94 bits per heavy atom. The van der Waals surface area contributed by atoms with E-state index in [2.05, 4.69) is 57.8 Å². The maximum atomic E-state index is 13.2. The van der Waals surface area contributed by atoms with Gasteiger partial charge in [0.1, 0.15) is 15.5 Å². The van der Waals surface area contributed by atoms with Gasteiger partial charge < -0.3 is 29.3 Å². The van der Waals surface area contributed by atoms with Crippen LogP contribution in [-0.4, -0.2) is 112 Å². The predicted octanol–water partition coefficient (Wildman–Crippen LogP) is 5.32. The van der Waals surface area contributed by atoms with Crippen LogP contribution in [-0.2, 0) is 39.1 Å². The first-order valence-corrected chi connectivity index (χ1v) is 20.3. The van der Waals surface area contributed by atoms with E-state index in [1.165, 1.54) is 8.61 Å². The number of esters is 1. The van der Waals surface area contributed by atoms with Crippen molar-refractivity contribution in [2.75, 3.05) is 59.2 Å². The first kappa shape index (κ1) is 39.4. The van der Waals surface area contributed by atoms with Crippen molar-refractivity contribution in [2.45, 2.75) is 30.1 Å². The molecule has 3 N–H and O–H groups in total. The lowest BCUT2D eigenvalue weighted by atomic mass is 10.2. The molecular formula is C30H35Br3N4O10S2. The highest BCUT2D eigenvalue weighted by Crippen LogP contribution is 2.36. The molecule has 0 saturated carbocycles. The van der Waals surface area contributed by atoms with Crippen LogP contribution in [0.3, 0.4) is 0 Å². The standard InChI is InChI=1S/C15H16Br2N2O5S.C12H13BrN2O3S.C3H6O2/c1-2-24-15(20)13-14(25(21,22)19-3-5-23-6-4-19)9-7-10(16)11(17)8-12(9)18-13;13-9-1-2-11-10(7-9)12(8-14-11)19(16,17)15-3-5-18-6-4-15;1-2-3(4)5/h7-8,18H,2-6H2,1H3;1-2,7-8,14H,3-6H2;2H2,1H3,(H,4,5). The predicted molar refractivity (Wildman–Crippen MR) is 193 cm³/mol. The molecule has 19 heteroatoms. The van der Waals surface area contributed by atoms with Gasteiger partial charge in [-0.1, -0.05) is 22.9 Å². The molecule has 4 heterocycles. The van der Waals surface area contributed by atoms with Crippen LogP contribution in [0.1, 0.15) is 30.8 Å². The molecule has 0 atom stereocenters. The Morgan fingerprint density at radius 1 is 0.837 bits per heavy atom. The molecule has 2 saturated heterocycles. The van der Waals surface area contributed by atoms with E-state index < -0.39 is 32.0 Å². The van der Waals surface area contributed by atoms with Crippen LogP contribution in [0.2, 0.25) is 0 Å². The number of H-pyrrole nitrogens is 2. The summed E-state index contributed by atoms with van der Waals surface area (Å²) in [6.45, 7) is 6.27. The normalized spacial score (nSPS) is 16.0. The van der Waals surface area contributed by atoms with Crippen LogP contribution < -0.4 is 0 Å². The van der Waals surface area contributed by atoms with Crippen LogP contribution >= 0.6 is 47.8 Å². The zero-order chi connectivity index (χ0) is 35.9. The molecule has 0 amide bonds. The number of carboxylic acid groups (broad SMARTS) is 1. The number of rotatable bonds is 7. The van der Waals surface area contributed by atoms with E-state index in [0.717, 1.165) is 14.5 Å². The lowest BCUT2D eigenvalue weighted by Gasteiger charge is -2.26. The second kappa shape index (κ2) is 17.2. The third kappa shape index (κ3) is 9.31. The summed E-state index contributed by atoms with van der Waals surface area (Å²) in [6.07, 6.45) is 1.78. The molecule has 268 valence electrons. The summed E-state index contributed by atoms with van der Waals surface area (Å²) < 4.78 is 72.2. The SMILES string of the molecule is CCC(=O)O.CCOC(=O)c1[nH]c2cc(Br)c(Br)cc2c1S(=O)(=O)N1CCOCC1.O=S(=O)(c1c[nH]c2ccc(Br)cc12)N1CCOCC1. The smallest absolute Gasteiger partial charge is 0.356 e. The lowest BCUT2D eigenvalue weighted by Crippen LogP contribution is -2.41. The van der Waals surface area contributed by atoms with Crippen molar-refractivity contribution < 1.29 is 45.7 Å². The number of hydrogen-bond donors (Lipinski definition) is 3. The van der Waals surface area contributed by atoms with Crippen molar-refractivity contribution in [2.24, 2.45) is 0 Å². The number of aromatic amines is 2. The first-order valence-electron chi connectivity index (χ1n) is 15.0. The van der Waals surface area contributed by atoms with E-state index in [4.69, 9.17) is 19.3 Å². The van der Waals surface area contributed by atoms with Gasteiger partial charge in [0.25, 0.3) is 0 Å². The molecule has 2 aliphatic rings. The second-order valence-electron chi connectivity index (χ2n) is 10.5. The van der Waals surface area contributed by atoms with Crippen LogP contribution in [0.15, 0.2) is 59.7 Å². The maximum absolute atomic E-state index is 13.2. The molecule has 0 aliphatic carbocycles. The van der Waals surface area contributed by atoms with Gasteiger partial charge in [-0.05, 0) is 69.1 Å². The quantitative estimate of drug-likeness (QED) is 0.205. The van der Waals surface area contributed by atoms with Crippen LogP contribution in [0.25, 0.3) is 21.8 Å². The number of sulfonamides is 2. The fourth-order valence-corrected chi connectivity index (χ4v) is 9.24. The van der Waals surface area contributed by atoms with Gasteiger partial charge in [-0.3, -0.25) is 4.79 Å². The van der Waals surface area contributed by atoms with E-state index >= 15 is 0 Å². The first-order chi connectivity index (χ1) is 23.2. The molecule has 6 rings (SSSR count). The van der Waals surface area contributed by atoms with Gasteiger partial charge in [0, 0.05) is 74.0 Å². The number of fused-ring (bicyclic) bond motifs is 2. The van der Waals surface area contributed by atoms with Crippen molar-refractivity contribution in [3.63, 3.8) is 0 Å². The molecule has 0 unspecified atom stereocenters. The average molecular weight is 915 g/mol. The summed E-state index contributed by atoms with van der Waals surface area (Å²) in [5, 5.41) is 8.87. The molecule has 2 aromatic carbocycles. The number of carbonyl (C=O) groups is 2. The summed E-state index contributed by atoms with van der Waals surface area (Å²) in [5.41, 5.74) is 1.29. The van der Waals surface area contributed by atoms with E-state index in [1.54, 1.807) is 32.2 Å². The van der Waals surface area contributed by atoms with Gasteiger partial charge in [0.15, 0.2) is 0 Å². The van der Waals surface area contributed by atoms with E-state index in [1.807, 2.05) is 18.2 Å². The van der Waals surface area contributed by atoms with Crippen molar-refractivity contribution in [1.82, 2.24) is 18.6 Å². The Hall–Kier alpha value is -2.36. The Kier molecular flexibility index (Phi) is 13.9. The summed E-state index contributed by atoms with van der Waals surface area (Å²) >= 11 is 10.1. The second-order valence-corrected chi connectivity index (χ2v) is 16.9. The summed E-state index contributed by atoms with van der Waals surface area (Å²) in [6, 6.07) is 8.95. The molecule has 0 bridgehead atoms. The van der Waals surface area contributed by atoms with E-state index in [9.17, 15) is 26.4 Å². The van der Waals surface area contributed by atoms with Crippen molar-refractivity contribution in [3.05, 3.63) is 55.6 Å². The fourth-order valence-electron chi connectivity index (χ4n) is 4.90. The third-order valence-electron chi connectivity index (χ3n) is 7.34. The van der Waals surface area contributed by atoms with Gasteiger partial charge in [-0.2, -0.15) is 8.61 Å². The monoisotopic (exact) mass is 912 g/mol. The summed E-state index contributed by atoms with van der Waals surface area (Å²) in [4.78, 5) is 27.9. The Balaban J connectivity index is 0.000000199. The summed E-state index contributed by atoms with van der Waals surface area (Å²) in [7, 11) is -7.34. The molecule has 4 aromatic rings. The highest BCUT2D eigenvalue weighted by atomic mass is 79.9. The minimum atomic E-state index is -3.88.